The van der Waals surface area contributed by atoms with E-state index in [2.05, 4.69) is 10.6 Å². The first-order valence-electron chi connectivity index (χ1n) is 9.31. The minimum absolute atomic E-state index is 0.0229. The third kappa shape index (κ3) is 5.00. The SMILES string of the molecule is CCOc1ccccc1NC(=O)C1CCN(C(=O)Nc2ccccc2)CC1. The summed E-state index contributed by atoms with van der Waals surface area (Å²) in [6, 6.07) is 16.7. The van der Waals surface area contributed by atoms with Crippen molar-refractivity contribution in [3.05, 3.63) is 54.6 Å². The number of carbonyl (C=O) groups excluding carboxylic acids is 2. The Hall–Kier alpha value is -3.02. The maximum absolute atomic E-state index is 12.6. The molecular weight excluding hydrogens is 342 g/mol. The summed E-state index contributed by atoms with van der Waals surface area (Å²) in [7, 11) is 0. The molecule has 1 aliphatic rings. The molecule has 2 aromatic carbocycles. The summed E-state index contributed by atoms with van der Waals surface area (Å²) in [5.41, 5.74) is 1.46. The van der Waals surface area contributed by atoms with Crippen molar-refractivity contribution in [1.29, 1.82) is 0 Å². The summed E-state index contributed by atoms with van der Waals surface area (Å²) in [5, 5.41) is 5.85. The van der Waals surface area contributed by atoms with Crippen molar-refractivity contribution >= 4 is 23.3 Å². The minimum Gasteiger partial charge on any atom is -0.492 e. The van der Waals surface area contributed by atoms with E-state index in [1.165, 1.54) is 0 Å². The fourth-order valence-corrected chi connectivity index (χ4v) is 3.15. The number of ether oxygens (including phenoxy) is 1. The highest BCUT2D eigenvalue weighted by Crippen LogP contribution is 2.26. The molecule has 0 unspecified atom stereocenters. The highest BCUT2D eigenvalue weighted by atomic mass is 16.5. The van der Waals surface area contributed by atoms with Gasteiger partial charge in [-0.3, -0.25) is 4.79 Å². The van der Waals surface area contributed by atoms with Gasteiger partial charge in [-0.1, -0.05) is 30.3 Å². The van der Waals surface area contributed by atoms with Gasteiger partial charge in [0, 0.05) is 24.7 Å². The number of nitrogens with one attached hydrogen (secondary N) is 2. The van der Waals surface area contributed by atoms with Gasteiger partial charge >= 0.3 is 6.03 Å². The molecule has 2 aromatic rings. The quantitative estimate of drug-likeness (QED) is 0.840. The zero-order chi connectivity index (χ0) is 19.1. The number of urea groups is 1. The Morgan fingerprint density at radius 3 is 2.37 bits per heavy atom. The molecule has 142 valence electrons. The van der Waals surface area contributed by atoms with E-state index < -0.39 is 0 Å². The number of para-hydroxylation sites is 3. The molecule has 0 atom stereocenters. The van der Waals surface area contributed by atoms with E-state index in [-0.39, 0.29) is 17.9 Å². The van der Waals surface area contributed by atoms with E-state index in [1.54, 1.807) is 4.90 Å². The monoisotopic (exact) mass is 367 g/mol. The number of benzene rings is 2. The largest absolute Gasteiger partial charge is 0.492 e. The van der Waals surface area contributed by atoms with Crippen LogP contribution in [0.2, 0.25) is 0 Å². The molecule has 3 amide bonds. The van der Waals surface area contributed by atoms with Gasteiger partial charge in [0.25, 0.3) is 0 Å². The average Bonchev–Trinajstić information content (AvgIpc) is 2.70. The van der Waals surface area contributed by atoms with Crippen LogP contribution in [-0.4, -0.2) is 36.5 Å². The van der Waals surface area contributed by atoms with Crippen LogP contribution < -0.4 is 15.4 Å². The number of hydrogen-bond acceptors (Lipinski definition) is 3. The van der Waals surface area contributed by atoms with E-state index in [4.69, 9.17) is 4.74 Å². The molecule has 2 N–H and O–H groups in total. The van der Waals surface area contributed by atoms with Gasteiger partial charge in [0.1, 0.15) is 5.75 Å². The zero-order valence-corrected chi connectivity index (χ0v) is 15.5. The molecule has 1 saturated heterocycles. The fraction of sp³-hybridized carbons (Fsp3) is 0.333. The van der Waals surface area contributed by atoms with Crippen LogP contribution in [0.1, 0.15) is 19.8 Å². The Morgan fingerprint density at radius 2 is 1.67 bits per heavy atom. The van der Waals surface area contributed by atoms with Crippen LogP contribution in [0.3, 0.4) is 0 Å². The number of carbonyl (C=O) groups is 2. The summed E-state index contributed by atoms with van der Waals surface area (Å²) in [4.78, 5) is 26.7. The van der Waals surface area contributed by atoms with E-state index in [1.807, 2.05) is 61.5 Å². The molecule has 0 aliphatic carbocycles. The Labute approximate surface area is 159 Å². The first kappa shape index (κ1) is 18.8. The van der Waals surface area contributed by atoms with Crippen molar-refractivity contribution < 1.29 is 14.3 Å². The second kappa shape index (κ2) is 9.07. The molecule has 0 spiro atoms. The highest BCUT2D eigenvalue weighted by molar-refractivity contribution is 5.94. The van der Waals surface area contributed by atoms with Crippen molar-refractivity contribution in [3.63, 3.8) is 0 Å². The third-order valence-electron chi connectivity index (χ3n) is 4.62. The minimum atomic E-state index is -0.123. The Kier molecular flexibility index (Phi) is 6.30. The normalized spacial score (nSPS) is 14.5. The number of piperidine rings is 1. The van der Waals surface area contributed by atoms with Crippen molar-refractivity contribution in [1.82, 2.24) is 4.90 Å². The highest BCUT2D eigenvalue weighted by Gasteiger charge is 2.27. The van der Waals surface area contributed by atoms with Gasteiger partial charge in [0.05, 0.1) is 12.3 Å². The van der Waals surface area contributed by atoms with Crippen molar-refractivity contribution in [2.24, 2.45) is 5.92 Å². The van der Waals surface area contributed by atoms with Crippen LogP contribution in [0, 0.1) is 5.92 Å². The zero-order valence-electron chi connectivity index (χ0n) is 15.5. The predicted molar refractivity (Wildman–Crippen MR) is 106 cm³/mol. The lowest BCUT2D eigenvalue weighted by Gasteiger charge is -2.31. The molecule has 6 heteroatoms. The van der Waals surface area contributed by atoms with E-state index in [9.17, 15) is 9.59 Å². The fourth-order valence-electron chi connectivity index (χ4n) is 3.15. The van der Waals surface area contributed by atoms with Gasteiger partial charge in [-0.05, 0) is 44.0 Å². The molecule has 0 saturated carbocycles. The molecule has 0 aromatic heterocycles. The Bertz CT molecular complexity index is 771. The summed E-state index contributed by atoms with van der Waals surface area (Å²) >= 11 is 0. The lowest BCUT2D eigenvalue weighted by molar-refractivity contribution is -0.121. The van der Waals surface area contributed by atoms with Crippen LogP contribution in [-0.2, 0) is 4.79 Å². The van der Waals surface area contributed by atoms with Crippen molar-refractivity contribution in [3.8, 4) is 5.75 Å². The summed E-state index contributed by atoms with van der Waals surface area (Å²) in [6.07, 6.45) is 1.29. The smallest absolute Gasteiger partial charge is 0.321 e. The van der Waals surface area contributed by atoms with Gasteiger partial charge in [-0.15, -0.1) is 0 Å². The number of amides is 3. The molecule has 1 aliphatic heterocycles. The van der Waals surface area contributed by atoms with Crippen molar-refractivity contribution in [2.45, 2.75) is 19.8 Å². The number of nitrogens with zero attached hydrogens (tertiary/aromatic N) is 1. The van der Waals surface area contributed by atoms with Gasteiger partial charge in [-0.2, -0.15) is 0 Å². The number of likely N-dealkylation sites (tertiary alicyclic amines) is 1. The first-order chi connectivity index (χ1) is 13.2. The second-order valence-corrected chi connectivity index (χ2v) is 6.48. The van der Waals surface area contributed by atoms with Crippen LogP contribution in [0.15, 0.2) is 54.6 Å². The van der Waals surface area contributed by atoms with E-state index >= 15 is 0 Å². The van der Waals surface area contributed by atoms with Crippen molar-refractivity contribution in [2.75, 3.05) is 30.3 Å². The van der Waals surface area contributed by atoms with E-state index in [0.717, 1.165) is 5.69 Å². The van der Waals surface area contributed by atoms with Gasteiger partial charge in [-0.25, -0.2) is 4.79 Å². The lowest BCUT2D eigenvalue weighted by atomic mass is 9.96. The van der Waals surface area contributed by atoms with Gasteiger partial charge in [0.15, 0.2) is 0 Å². The van der Waals surface area contributed by atoms with Crippen LogP contribution >= 0.6 is 0 Å². The summed E-state index contributed by atoms with van der Waals surface area (Å²) in [5.74, 6) is 0.541. The second-order valence-electron chi connectivity index (χ2n) is 6.48. The van der Waals surface area contributed by atoms with Crippen LogP contribution in [0.5, 0.6) is 5.75 Å². The molecule has 6 nitrogen and oxygen atoms in total. The molecule has 3 rings (SSSR count). The molecule has 1 fully saturated rings. The van der Waals surface area contributed by atoms with E-state index in [0.29, 0.717) is 44.0 Å². The Balaban J connectivity index is 1.51. The molecule has 0 radical (unpaired) electrons. The maximum Gasteiger partial charge on any atom is 0.321 e. The maximum atomic E-state index is 12.6. The molecule has 1 heterocycles. The molecule has 27 heavy (non-hydrogen) atoms. The Morgan fingerprint density at radius 1 is 1.00 bits per heavy atom. The topological polar surface area (TPSA) is 70.7 Å². The summed E-state index contributed by atoms with van der Waals surface area (Å²) in [6.45, 7) is 3.57. The predicted octanol–water partition coefficient (Wildman–Crippen LogP) is 3.97. The number of anilines is 2. The average molecular weight is 367 g/mol. The van der Waals surface area contributed by atoms with Crippen LogP contribution in [0.25, 0.3) is 0 Å². The van der Waals surface area contributed by atoms with Crippen LogP contribution in [0.4, 0.5) is 16.2 Å². The number of hydrogen-bond donors (Lipinski definition) is 2. The standard InChI is InChI=1S/C21H25N3O3/c1-2-27-19-11-7-6-10-18(19)23-20(25)16-12-14-24(15-13-16)21(26)22-17-8-4-3-5-9-17/h3-11,16H,2,12-15H2,1H3,(H,22,26)(H,23,25). The first-order valence-corrected chi connectivity index (χ1v) is 9.31. The lowest BCUT2D eigenvalue weighted by Crippen LogP contribution is -2.43. The summed E-state index contributed by atoms with van der Waals surface area (Å²) < 4.78 is 5.55. The third-order valence-corrected chi connectivity index (χ3v) is 4.62. The molecule has 0 bridgehead atoms. The van der Waals surface area contributed by atoms with Gasteiger partial charge in [0.2, 0.25) is 5.91 Å². The number of rotatable bonds is 5. The van der Waals surface area contributed by atoms with Gasteiger partial charge < -0.3 is 20.3 Å². The molecular formula is C21H25N3O3.